The van der Waals surface area contributed by atoms with Crippen LogP contribution in [0.4, 0.5) is 0 Å². The Morgan fingerprint density at radius 2 is 2.14 bits per heavy atom. The van der Waals surface area contributed by atoms with Crippen LogP contribution in [0.1, 0.15) is 19.3 Å². The van der Waals surface area contributed by atoms with E-state index in [0.29, 0.717) is 25.0 Å². The summed E-state index contributed by atoms with van der Waals surface area (Å²) in [5.41, 5.74) is 0. The van der Waals surface area contributed by atoms with Crippen LogP contribution in [0.25, 0.3) is 0 Å². The third-order valence-corrected chi connectivity index (χ3v) is 6.94. The average Bonchev–Trinajstić information content (AvgIpc) is 3.06. The molecule has 2 saturated heterocycles. The molecule has 0 aromatic heterocycles. The fourth-order valence-electron chi connectivity index (χ4n) is 3.50. The maximum atomic E-state index is 12.9. The zero-order valence-electron chi connectivity index (χ0n) is 11.9. The van der Waals surface area contributed by atoms with E-state index < -0.39 is 28.0 Å². The molecule has 2 aliphatic heterocycles. The van der Waals surface area contributed by atoms with Crippen molar-refractivity contribution < 1.29 is 23.1 Å². The van der Waals surface area contributed by atoms with Gasteiger partial charge >= 0.3 is 5.97 Å². The Bertz CT molecular complexity index is 720. The summed E-state index contributed by atoms with van der Waals surface area (Å²) in [5.74, 6) is -1.19. The average molecular weight is 346 g/mol. The molecule has 2 bridgehead atoms. The minimum Gasteiger partial charge on any atom is -0.497 e. The highest BCUT2D eigenvalue weighted by Gasteiger charge is 2.54. The zero-order chi connectivity index (χ0) is 16.1. The molecule has 1 N–H and O–H groups in total. The number of fused-ring (bicyclic) bond motifs is 2. The summed E-state index contributed by atoms with van der Waals surface area (Å²) < 4.78 is 32.3. The van der Waals surface area contributed by atoms with Crippen molar-refractivity contribution in [2.45, 2.75) is 36.2 Å². The molecule has 3 unspecified atom stereocenters. The van der Waals surface area contributed by atoms with E-state index in [4.69, 9.17) is 16.3 Å². The summed E-state index contributed by atoms with van der Waals surface area (Å²) in [6, 6.07) is 3.68. The number of aliphatic carboxylic acids is 1. The summed E-state index contributed by atoms with van der Waals surface area (Å²) in [5, 5.41) is 9.37. The van der Waals surface area contributed by atoms with E-state index in [9.17, 15) is 18.3 Å². The maximum absolute atomic E-state index is 12.9. The number of hydrogen-bond donors (Lipinski definition) is 1. The SMILES string of the molecule is COc1ccc(Cl)c(S(=O)(=O)N2C3CCC2C(C(=O)O)C3)c1. The first kappa shape index (κ1) is 15.6. The van der Waals surface area contributed by atoms with Crippen molar-refractivity contribution in [1.29, 1.82) is 0 Å². The van der Waals surface area contributed by atoms with Gasteiger partial charge in [0.15, 0.2) is 0 Å². The molecule has 1 aromatic carbocycles. The summed E-state index contributed by atoms with van der Waals surface area (Å²) >= 11 is 6.05. The number of rotatable bonds is 4. The van der Waals surface area contributed by atoms with Crippen LogP contribution < -0.4 is 4.74 Å². The summed E-state index contributed by atoms with van der Waals surface area (Å²) in [6.07, 6.45) is 1.62. The van der Waals surface area contributed by atoms with Crippen molar-refractivity contribution in [2.24, 2.45) is 5.92 Å². The Morgan fingerprint density at radius 1 is 1.41 bits per heavy atom. The van der Waals surface area contributed by atoms with Gasteiger partial charge in [0.2, 0.25) is 10.0 Å². The van der Waals surface area contributed by atoms with Gasteiger partial charge in [0.25, 0.3) is 0 Å². The van der Waals surface area contributed by atoms with E-state index in [1.54, 1.807) is 6.07 Å². The van der Waals surface area contributed by atoms with Crippen LogP contribution in [-0.2, 0) is 14.8 Å². The Labute approximate surface area is 133 Å². The summed E-state index contributed by atoms with van der Waals surface area (Å²) in [7, 11) is -2.40. The fraction of sp³-hybridized carbons (Fsp3) is 0.500. The highest BCUT2D eigenvalue weighted by molar-refractivity contribution is 7.89. The molecule has 1 aromatic rings. The van der Waals surface area contributed by atoms with E-state index in [-0.39, 0.29) is 16.0 Å². The molecule has 0 spiro atoms. The second-order valence-electron chi connectivity index (χ2n) is 5.61. The Morgan fingerprint density at radius 3 is 2.73 bits per heavy atom. The first-order chi connectivity index (χ1) is 10.4. The minimum absolute atomic E-state index is 0.0311. The monoisotopic (exact) mass is 345 g/mol. The molecule has 120 valence electrons. The van der Waals surface area contributed by atoms with Gasteiger partial charge in [-0.2, -0.15) is 4.31 Å². The van der Waals surface area contributed by atoms with Crippen LogP contribution >= 0.6 is 11.6 Å². The predicted molar refractivity (Wildman–Crippen MR) is 79.6 cm³/mol. The molecule has 3 rings (SSSR count). The van der Waals surface area contributed by atoms with Crippen molar-refractivity contribution in [3.05, 3.63) is 23.2 Å². The van der Waals surface area contributed by atoms with Gasteiger partial charge in [-0.1, -0.05) is 11.6 Å². The Kier molecular flexibility index (Phi) is 3.82. The molecule has 0 amide bonds. The second kappa shape index (κ2) is 5.40. The van der Waals surface area contributed by atoms with Crippen LogP contribution in [0, 0.1) is 5.92 Å². The van der Waals surface area contributed by atoms with Gasteiger partial charge < -0.3 is 9.84 Å². The summed E-state index contributed by atoms with van der Waals surface area (Å²) in [6.45, 7) is 0. The van der Waals surface area contributed by atoms with Crippen molar-refractivity contribution >= 4 is 27.6 Å². The van der Waals surface area contributed by atoms with Crippen LogP contribution in [0.3, 0.4) is 0 Å². The number of hydrogen-bond acceptors (Lipinski definition) is 4. The number of benzene rings is 1. The van der Waals surface area contributed by atoms with E-state index in [1.165, 1.54) is 23.5 Å². The fourth-order valence-corrected chi connectivity index (χ4v) is 5.91. The maximum Gasteiger partial charge on any atom is 0.308 e. The number of carbonyl (C=O) groups is 1. The first-order valence-electron chi connectivity index (χ1n) is 6.96. The first-order valence-corrected chi connectivity index (χ1v) is 8.78. The lowest BCUT2D eigenvalue weighted by molar-refractivity contribution is -0.142. The third kappa shape index (κ3) is 2.28. The minimum atomic E-state index is -3.85. The molecule has 2 heterocycles. The van der Waals surface area contributed by atoms with E-state index >= 15 is 0 Å². The molecular weight excluding hydrogens is 330 g/mol. The number of sulfonamides is 1. The van der Waals surface area contributed by atoms with Crippen molar-refractivity contribution in [2.75, 3.05) is 7.11 Å². The molecule has 0 aliphatic carbocycles. The van der Waals surface area contributed by atoms with Gasteiger partial charge in [0.05, 0.1) is 18.1 Å². The van der Waals surface area contributed by atoms with Gasteiger partial charge in [0.1, 0.15) is 10.6 Å². The number of methoxy groups -OCH3 is 1. The molecule has 2 fully saturated rings. The van der Waals surface area contributed by atoms with Crippen LogP contribution in [0.15, 0.2) is 23.1 Å². The smallest absolute Gasteiger partial charge is 0.308 e. The lowest BCUT2D eigenvalue weighted by Gasteiger charge is -2.23. The lowest BCUT2D eigenvalue weighted by Crippen LogP contribution is -2.38. The molecule has 0 radical (unpaired) electrons. The number of nitrogens with zero attached hydrogens (tertiary/aromatic N) is 1. The van der Waals surface area contributed by atoms with Crippen LogP contribution in [-0.4, -0.2) is 43.0 Å². The Hall–Kier alpha value is -1.31. The van der Waals surface area contributed by atoms with E-state index in [1.807, 2.05) is 0 Å². The topological polar surface area (TPSA) is 83.9 Å². The van der Waals surface area contributed by atoms with Gasteiger partial charge in [-0.15, -0.1) is 0 Å². The molecule has 3 atom stereocenters. The standard InChI is InChI=1S/C14H16ClNO5S/c1-21-9-3-4-11(15)13(7-9)22(19,20)16-8-2-5-12(16)10(6-8)14(17)18/h3-4,7-8,10,12H,2,5-6H2,1H3,(H,17,18). The number of ether oxygens (including phenoxy) is 1. The molecule has 0 saturated carbocycles. The molecule has 22 heavy (non-hydrogen) atoms. The van der Waals surface area contributed by atoms with Crippen molar-refractivity contribution in [3.63, 3.8) is 0 Å². The number of carboxylic acid groups (broad SMARTS) is 1. The van der Waals surface area contributed by atoms with Gasteiger partial charge in [-0.25, -0.2) is 8.42 Å². The molecule has 8 heteroatoms. The second-order valence-corrected chi connectivity index (χ2v) is 7.83. The lowest BCUT2D eigenvalue weighted by atomic mass is 9.89. The highest BCUT2D eigenvalue weighted by atomic mass is 35.5. The highest BCUT2D eigenvalue weighted by Crippen LogP contribution is 2.46. The number of carboxylic acids is 1. The van der Waals surface area contributed by atoms with Gasteiger partial charge in [-0.05, 0) is 31.4 Å². The molecule has 2 aliphatic rings. The third-order valence-electron chi connectivity index (χ3n) is 4.48. The number of halogens is 1. The predicted octanol–water partition coefficient (Wildman–Crippen LogP) is 1.97. The van der Waals surface area contributed by atoms with E-state index in [0.717, 1.165) is 0 Å². The largest absolute Gasteiger partial charge is 0.497 e. The Balaban J connectivity index is 2.03. The van der Waals surface area contributed by atoms with Gasteiger partial charge in [-0.3, -0.25) is 4.79 Å². The quantitative estimate of drug-likeness (QED) is 0.902. The van der Waals surface area contributed by atoms with E-state index in [2.05, 4.69) is 0 Å². The molecule has 6 nitrogen and oxygen atoms in total. The molecular formula is C14H16ClNO5S. The van der Waals surface area contributed by atoms with Crippen LogP contribution in [0.2, 0.25) is 5.02 Å². The van der Waals surface area contributed by atoms with Crippen molar-refractivity contribution in [3.8, 4) is 5.75 Å². The normalized spacial score (nSPS) is 28.0. The van der Waals surface area contributed by atoms with Crippen LogP contribution in [0.5, 0.6) is 5.75 Å². The van der Waals surface area contributed by atoms with Gasteiger partial charge in [0, 0.05) is 18.2 Å². The zero-order valence-corrected chi connectivity index (χ0v) is 13.5. The summed E-state index contributed by atoms with van der Waals surface area (Å²) in [4.78, 5) is 11.3. The van der Waals surface area contributed by atoms with Crippen molar-refractivity contribution in [1.82, 2.24) is 4.31 Å².